The fourth-order valence-electron chi connectivity index (χ4n) is 1.80. The molecule has 2 unspecified atom stereocenters. The summed E-state index contributed by atoms with van der Waals surface area (Å²) >= 11 is 7.10. The Morgan fingerprint density at radius 3 is 2.92 bits per heavy atom. The van der Waals surface area contributed by atoms with Crippen LogP contribution in [0.2, 0.25) is 0 Å². The molecule has 76 valence electrons. The summed E-state index contributed by atoms with van der Waals surface area (Å²) in [6.45, 7) is 5.53. The minimum absolute atomic E-state index is 0.311. The molecule has 0 aromatic heterocycles. The summed E-state index contributed by atoms with van der Waals surface area (Å²) in [5.41, 5.74) is 5.72. The Bertz CT molecular complexity index is 184. The average Bonchev–Trinajstić information content (AvgIpc) is 2.09. The Kier molecular flexibility index (Phi) is 4.49. The van der Waals surface area contributed by atoms with Crippen molar-refractivity contribution in [3.8, 4) is 0 Å². The lowest BCUT2D eigenvalue weighted by atomic mass is 10.1. The van der Waals surface area contributed by atoms with E-state index in [9.17, 15) is 0 Å². The Morgan fingerprint density at radius 2 is 2.46 bits per heavy atom. The monoisotopic (exact) mass is 218 g/mol. The maximum atomic E-state index is 5.72. The van der Waals surface area contributed by atoms with Gasteiger partial charge in [0.05, 0.1) is 11.0 Å². The smallest absolute Gasteiger partial charge is 0.0902 e. The summed E-state index contributed by atoms with van der Waals surface area (Å²) in [5.74, 6) is 2.42. The molecule has 0 saturated carbocycles. The first kappa shape index (κ1) is 11.3. The predicted octanol–water partition coefficient (Wildman–Crippen LogP) is 1.49. The molecule has 2 N–H and O–H groups in total. The molecule has 0 amide bonds. The third-order valence-electron chi connectivity index (χ3n) is 2.53. The van der Waals surface area contributed by atoms with Crippen LogP contribution in [0.25, 0.3) is 0 Å². The second kappa shape index (κ2) is 5.17. The first-order valence-electron chi connectivity index (χ1n) is 4.79. The van der Waals surface area contributed by atoms with E-state index in [0.717, 1.165) is 13.0 Å². The molecule has 0 spiro atoms. The molecule has 1 fully saturated rings. The van der Waals surface area contributed by atoms with Gasteiger partial charge in [-0.2, -0.15) is 11.8 Å². The van der Waals surface area contributed by atoms with Gasteiger partial charge >= 0.3 is 0 Å². The molecule has 0 bridgehead atoms. The lowest BCUT2D eigenvalue weighted by Gasteiger charge is -2.38. The number of thioether (sulfide) groups is 1. The molecule has 2 nitrogen and oxygen atoms in total. The van der Waals surface area contributed by atoms with Gasteiger partial charge in [0.15, 0.2) is 0 Å². The van der Waals surface area contributed by atoms with E-state index < -0.39 is 0 Å². The van der Waals surface area contributed by atoms with Gasteiger partial charge in [-0.3, -0.25) is 4.90 Å². The number of hydrogen-bond donors (Lipinski definition) is 1. The zero-order valence-corrected chi connectivity index (χ0v) is 9.96. The molecule has 4 heteroatoms. The molecule has 1 aliphatic heterocycles. The Morgan fingerprint density at radius 1 is 1.77 bits per heavy atom. The highest BCUT2D eigenvalue weighted by Crippen LogP contribution is 2.19. The topological polar surface area (TPSA) is 29.3 Å². The van der Waals surface area contributed by atoms with Crippen LogP contribution in [0.1, 0.15) is 20.3 Å². The summed E-state index contributed by atoms with van der Waals surface area (Å²) in [5, 5.41) is 0. The normalized spacial score (nSPS) is 27.1. The molecule has 1 rings (SSSR count). The van der Waals surface area contributed by atoms with Crippen molar-refractivity contribution in [3.05, 3.63) is 0 Å². The van der Waals surface area contributed by atoms with Gasteiger partial charge in [-0.15, -0.1) is 0 Å². The number of nitrogens with two attached hydrogens (primary N) is 1. The fourth-order valence-corrected chi connectivity index (χ4v) is 3.14. The van der Waals surface area contributed by atoms with Crippen molar-refractivity contribution in [3.63, 3.8) is 0 Å². The van der Waals surface area contributed by atoms with Crippen molar-refractivity contribution >= 4 is 29.0 Å². The Labute approximate surface area is 90.2 Å². The van der Waals surface area contributed by atoms with Gasteiger partial charge in [0.1, 0.15) is 0 Å². The molecule has 2 atom stereocenters. The molecule has 0 aromatic carbocycles. The van der Waals surface area contributed by atoms with E-state index >= 15 is 0 Å². The highest BCUT2D eigenvalue weighted by atomic mass is 32.2. The van der Waals surface area contributed by atoms with E-state index in [1.807, 2.05) is 11.8 Å². The van der Waals surface area contributed by atoms with Crippen LogP contribution in [0.15, 0.2) is 0 Å². The average molecular weight is 218 g/mol. The number of thiocarbonyl (C=S) groups is 1. The van der Waals surface area contributed by atoms with Gasteiger partial charge in [0.2, 0.25) is 0 Å². The highest BCUT2D eigenvalue weighted by molar-refractivity contribution is 7.99. The molecular formula is C9H18N2S2. The quantitative estimate of drug-likeness (QED) is 0.727. The Balaban J connectivity index is 2.60. The van der Waals surface area contributed by atoms with Crippen LogP contribution < -0.4 is 5.73 Å². The van der Waals surface area contributed by atoms with E-state index in [2.05, 4.69) is 18.7 Å². The molecule has 0 radical (unpaired) electrons. The van der Waals surface area contributed by atoms with Crippen molar-refractivity contribution in [2.75, 3.05) is 18.1 Å². The first-order valence-corrected chi connectivity index (χ1v) is 6.36. The summed E-state index contributed by atoms with van der Waals surface area (Å²) in [4.78, 5) is 3.10. The maximum Gasteiger partial charge on any atom is 0.0902 e. The maximum absolute atomic E-state index is 5.72. The predicted molar refractivity (Wildman–Crippen MR) is 64.4 cm³/mol. The molecule has 1 aliphatic rings. The third kappa shape index (κ3) is 2.82. The summed E-state index contributed by atoms with van der Waals surface area (Å²) in [6.07, 6.45) is 1.03. The molecular weight excluding hydrogens is 200 g/mol. The van der Waals surface area contributed by atoms with Gasteiger partial charge in [-0.05, 0) is 13.3 Å². The summed E-state index contributed by atoms with van der Waals surface area (Å²) < 4.78 is 0. The van der Waals surface area contributed by atoms with Crippen molar-refractivity contribution in [2.45, 2.75) is 32.4 Å². The largest absolute Gasteiger partial charge is 0.392 e. The molecule has 1 heterocycles. The Hall–Kier alpha value is 0.200. The van der Waals surface area contributed by atoms with Crippen LogP contribution >= 0.6 is 24.0 Å². The van der Waals surface area contributed by atoms with Crippen molar-refractivity contribution < 1.29 is 0 Å². The van der Waals surface area contributed by atoms with Crippen LogP contribution in [0, 0.1) is 0 Å². The van der Waals surface area contributed by atoms with Crippen LogP contribution in [-0.4, -0.2) is 40.0 Å². The van der Waals surface area contributed by atoms with E-state index in [1.54, 1.807) is 0 Å². The van der Waals surface area contributed by atoms with Crippen molar-refractivity contribution in [1.29, 1.82) is 0 Å². The van der Waals surface area contributed by atoms with E-state index in [1.165, 1.54) is 11.5 Å². The van der Waals surface area contributed by atoms with Gasteiger partial charge in [-0.25, -0.2) is 0 Å². The second-order valence-electron chi connectivity index (χ2n) is 3.49. The van der Waals surface area contributed by atoms with Crippen LogP contribution in [0.5, 0.6) is 0 Å². The van der Waals surface area contributed by atoms with E-state index in [-0.39, 0.29) is 0 Å². The zero-order chi connectivity index (χ0) is 9.84. The van der Waals surface area contributed by atoms with Crippen molar-refractivity contribution in [1.82, 2.24) is 4.90 Å². The van der Waals surface area contributed by atoms with Crippen LogP contribution in [0.4, 0.5) is 0 Å². The fraction of sp³-hybridized carbons (Fsp3) is 0.889. The molecule has 0 aromatic rings. The van der Waals surface area contributed by atoms with Gasteiger partial charge in [0, 0.05) is 24.1 Å². The standard InChI is InChI=1S/C9H18N2S2/c1-3-8(9(10)12)11-4-5-13-6-7(11)2/h7-8H,3-6H2,1-2H3,(H2,10,12). The van der Waals surface area contributed by atoms with Gasteiger partial charge < -0.3 is 5.73 Å². The first-order chi connectivity index (χ1) is 6.16. The van der Waals surface area contributed by atoms with Crippen LogP contribution in [0.3, 0.4) is 0 Å². The summed E-state index contributed by atoms with van der Waals surface area (Å²) in [6, 6.07) is 0.927. The van der Waals surface area contributed by atoms with E-state index in [0.29, 0.717) is 17.1 Å². The molecule has 0 aliphatic carbocycles. The minimum Gasteiger partial charge on any atom is -0.392 e. The second-order valence-corrected chi connectivity index (χ2v) is 5.11. The number of hydrogen-bond acceptors (Lipinski definition) is 3. The molecule has 13 heavy (non-hydrogen) atoms. The number of rotatable bonds is 3. The van der Waals surface area contributed by atoms with Crippen molar-refractivity contribution in [2.24, 2.45) is 5.73 Å². The summed E-state index contributed by atoms with van der Waals surface area (Å²) in [7, 11) is 0. The molecule has 1 saturated heterocycles. The SMILES string of the molecule is CCC(C(N)=S)N1CCSCC1C. The highest BCUT2D eigenvalue weighted by Gasteiger charge is 2.26. The lowest BCUT2D eigenvalue weighted by molar-refractivity contribution is 0.199. The zero-order valence-electron chi connectivity index (χ0n) is 8.32. The number of nitrogens with zero attached hydrogens (tertiary/aromatic N) is 1. The lowest BCUT2D eigenvalue weighted by Crippen LogP contribution is -2.51. The van der Waals surface area contributed by atoms with Gasteiger partial charge in [-0.1, -0.05) is 19.1 Å². The van der Waals surface area contributed by atoms with Crippen LogP contribution in [-0.2, 0) is 0 Å². The third-order valence-corrected chi connectivity index (χ3v) is 4.00. The minimum atomic E-state index is 0.311. The van der Waals surface area contributed by atoms with Gasteiger partial charge in [0.25, 0.3) is 0 Å². The van der Waals surface area contributed by atoms with E-state index in [4.69, 9.17) is 18.0 Å².